The van der Waals surface area contributed by atoms with Gasteiger partial charge in [0.25, 0.3) is 5.91 Å². The van der Waals surface area contributed by atoms with E-state index in [9.17, 15) is 18.0 Å². The average Bonchev–Trinajstić information content (AvgIpc) is 2.69. The van der Waals surface area contributed by atoms with Crippen molar-refractivity contribution in [2.24, 2.45) is 0 Å². The number of aromatic nitrogens is 1. The topological polar surface area (TPSA) is 117 Å². The second kappa shape index (κ2) is 7.85. The van der Waals surface area contributed by atoms with E-state index in [2.05, 4.69) is 10.3 Å². The molecule has 8 nitrogen and oxygen atoms in total. The number of carboxylic acid groups (broad SMARTS) is 1. The Hall–Kier alpha value is -2.78. The first-order chi connectivity index (χ1) is 12.9. The molecule has 1 amide bonds. The summed E-state index contributed by atoms with van der Waals surface area (Å²) in [5.74, 6) is -1.79. The van der Waals surface area contributed by atoms with Gasteiger partial charge in [0, 0.05) is 30.5 Å². The van der Waals surface area contributed by atoms with Crippen molar-refractivity contribution >= 4 is 27.6 Å². The van der Waals surface area contributed by atoms with Crippen molar-refractivity contribution in [3.05, 3.63) is 53.9 Å². The van der Waals surface area contributed by atoms with Gasteiger partial charge in [-0.15, -0.1) is 0 Å². The van der Waals surface area contributed by atoms with Crippen molar-refractivity contribution in [1.29, 1.82) is 0 Å². The molecule has 2 heterocycles. The van der Waals surface area contributed by atoms with E-state index in [0.717, 1.165) is 25.3 Å². The maximum atomic E-state index is 12.8. The zero-order chi connectivity index (χ0) is 19.4. The molecule has 27 heavy (non-hydrogen) atoms. The van der Waals surface area contributed by atoms with Gasteiger partial charge in [0.1, 0.15) is 5.69 Å². The van der Waals surface area contributed by atoms with Crippen LogP contribution in [0.1, 0.15) is 40.1 Å². The van der Waals surface area contributed by atoms with Gasteiger partial charge in [-0.2, -0.15) is 4.31 Å². The minimum atomic E-state index is -3.61. The first-order valence-electron chi connectivity index (χ1n) is 8.49. The van der Waals surface area contributed by atoms with E-state index in [-0.39, 0.29) is 16.2 Å². The van der Waals surface area contributed by atoms with Gasteiger partial charge < -0.3 is 10.4 Å². The molecule has 2 aromatic rings. The van der Waals surface area contributed by atoms with E-state index in [0.29, 0.717) is 18.8 Å². The Bertz CT molecular complexity index is 968. The lowest BCUT2D eigenvalue weighted by Crippen LogP contribution is -2.35. The summed E-state index contributed by atoms with van der Waals surface area (Å²) in [7, 11) is -3.61. The highest BCUT2D eigenvalue weighted by Crippen LogP contribution is 2.23. The van der Waals surface area contributed by atoms with Gasteiger partial charge in [0.15, 0.2) is 0 Å². The zero-order valence-electron chi connectivity index (χ0n) is 14.5. The second-order valence-corrected chi connectivity index (χ2v) is 8.12. The summed E-state index contributed by atoms with van der Waals surface area (Å²) in [6.07, 6.45) is 3.93. The summed E-state index contributed by atoms with van der Waals surface area (Å²) in [6.45, 7) is 0.988. The fraction of sp³-hybridized carbons (Fsp3) is 0.278. The fourth-order valence-corrected chi connectivity index (χ4v) is 4.44. The highest BCUT2D eigenvalue weighted by molar-refractivity contribution is 7.89. The first kappa shape index (κ1) is 19.0. The second-order valence-electron chi connectivity index (χ2n) is 6.18. The molecule has 1 aliphatic rings. The summed E-state index contributed by atoms with van der Waals surface area (Å²) in [4.78, 5) is 27.1. The Labute approximate surface area is 156 Å². The third-order valence-electron chi connectivity index (χ3n) is 4.29. The highest BCUT2D eigenvalue weighted by atomic mass is 32.2. The summed E-state index contributed by atoms with van der Waals surface area (Å²) >= 11 is 0. The lowest BCUT2D eigenvalue weighted by molar-refractivity contribution is 0.0690. The van der Waals surface area contributed by atoms with Crippen molar-refractivity contribution in [3.8, 4) is 0 Å². The van der Waals surface area contributed by atoms with E-state index in [1.54, 1.807) is 12.1 Å². The van der Waals surface area contributed by atoms with Crippen LogP contribution in [0.2, 0.25) is 0 Å². The standard InChI is InChI=1S/C18H19N3O5S/c22-17(13-7-8-19-16(11-13)18(23)24)20-14-5-4-6-15(12-14)27(25,26)21-9-2-1-3-10-21/h4-8,11-12H,1-3,9-10H2,(H,20,22)(H,23,24). The lowest BCUT2D eigenvalue weighted by atomic mass is 10.2. The molecule has 1 saturated heterocycles. The number of rotatable bonds is 5. The molecule has 1 aromatic heterocycles. The number of nitrogens with one attached hydrogen (secondary N) is 1. The van der Waals surface area contributed by atoms with Crippen molar-refractivity contribution in [2.75, 3.05) is 18.4 Å². The van der Waals surface area contributed by atoms with Gasteiger partial charge in [0.05, 0.1) is 4.90 Å². The Morgan fingerprint density at radius 2 is 1.81 bits per heavy atom. The minimum Gasteiger partial charge on any atom is -0.477 e. The molecule has 1 fully saturated rings. The smallest absolute Gasteiger partial charge is 0.354 e. The van der Waals surface area contributed by atoms with Gasteiger partial charge in [-0.05, 0) is 43.2 Å². The average molecular weight is 389 g/mol. The first-order valence-corrected chi connectivity index (χ1v) is 9.93. The van der Waals surface area contributed by atoms with Crippen LogP contribution in [0.4, 0.5) is 5.69 Å². The maximum absolute atomic E-state index is 12.8. The van der Waals surface area contributed by atoms with Crippen LogP contribution in [-0.4, -0.2) is 47.8 Å². The number of hydrogen-bond acceptors (Lipinski definition) is 5. The Morgan fingerprint density at radius 3 is 2.52 bits per heavy atom. The highest BCUT2D eigenvalue weighted by Gasteiger charge is 2.26. The predicted molar refractivity (Wildman–Crippen MR) is 98.2 cm³/mol. The molecule has 0 unspecified atom stereocenters. The molecule has 142 valence electrons. The van der Waals surface area contributed by atoms with E-state index in [1.165, 1.54) is 28.7 Å². The quantitative estimate of drug-likeness (QED) is 0.810. The number of piperidine rings is 1. The molecular weight excluding hydrogens is 370 g/mol. The van der Waals surface area contributed by atoms with E-state index in [1.807, 2.05) is 0 Å². The third kappa shape index (κ3) is 4.32. The SMILES string of the molecule is O=C(Nc1cccc(S(=O)(=O)N2CCCCC2)c1)c1ccnc(C(=O)O)c1. The summed E-state index contributed by atoms with van der Waals surface area (Å²) < 4.78 is 27.0. The number of carboxylic acids is 1. The van der Waals surface area contributed by atoms with Crippen LogP contribution >= 0.6 is 0 Å². The number of benzene rings is 1. The molecule has 1 aliphatic heterocycles. The molecule has 3 rings (SSSR count). The number of carbonyl (C=O) groups excluding carboxylic acids is 1. The van der Waals surface area contributed by atoms with Gasteiger partial charge in [0.2, 0.25) is 10.0 Å². The van der Waals surface area contributed by atoms with Gasteiger partial charge in [-0.1, -0.05) is 12.5 Å². The van der Waals surface area contributed by atoms with Crippen LogP contribution in [-0.2, 0) is 10.0 Å². The van der Waals surface area contributed by atoms with Gasteiger partial charge in [-0.3, -0.25) is 4.79 Å². The monoisotopic (exact) mass is 389 g/mol. The molecule has 0 spiro atoms. The number of sulfonamides is 1. The molecule has 0 aliphatic carbocycles. The maximum Gasteiger partial charge on any atom is 0.354 e. The normalized spacial score (nSPS) is 15.3. The zero-order valence-corrected chi connectivity index (χ0v) is 15.3. The summed E-state index contributed by atoms with van der Waals surface area (Å²) in [6, 6.07) is 8.58. The number of aromatic carboxylic acids is 1. The van der Waals surface area contributed by atoms with Crippen molar-refractivity contribution in [1.82, 2.24) is 9.29 Å². The Morgan fingerprint density at radius 1 is 1.07 bits per heavy atom. The molecule has 0 radical (unpaired) electrons. The molecule has 0 saturated carbocycles. The molecule has 0 bridgehead atoms. The molecule has 0 atom stereocenters. The Balaban J connectivity index is 1.80. The van der Waals surface area contributed by atoms with Crippen molar-refractivity contribution in [2.45, 2.75) is 24.2 Å². The number of hydrogen-bond donors (Lipinski definition) is 2. The summed E-state index contributed by atoms with van der Waals surface area (Å²) in [5, 5.41) is 11.6. The third-order valence-corrected chi connectivity index (χ3v) is 6.18. The molecule has 1 aromatic carbocycles. The van der Waals surface area contributed by atoms with Crippen LogP contribution < -0.4 is 5.32 Å². The van der Waals surface area contributed by atoms with Crippen LogP contribution in [0, 0.1) is 0 Å². The fourth-order valence-electron chi connectivity index (χ4n) is 2.88. The van der Waals surface area contributed by atoms with Crippen LogP contribution in [0.3, 0.4) is 0 Å². The number of amides is 1. The van der Waals surface area contributed by atoms with Crippen LogP contribution in [0.25, 0.3) is 0 Å². The number of nitrogens with zero attached hydrogens (tertiary/aromatic N) is 2. The van der Waals surface area contributed by atoms with Crippen molar-refractivity contribution < 1.29 is 23.1 Å². The van der Waals surface area contributed by atoms with E-state index >= 15 is 0 Å². The Kier molecular flexibility index (Phi) is 5.52. The predicted octanol–water partition coefficient (Wildman–Crippen LogP) is 2.21. The molecule has 2 N–H and O–H groups in total. The largest absolute Gasteiger partial charge is 0.477 e. The van der Waals surface area contributed by atoms with Crippen LogP contribution in [0.5, 0.6) is 0 Å². The molecule has 9 heteroatoms. The van der Waals surface area contributed by atoms with Crippen LogP contribution in [0.15, 0.2) is 47.5 Å². The van der Waals surface area contributed by atoms with Crippen molar-refractivity contribution in [3.63, 3.8) is 0 Å². The molecular formula is C18H19N3O5S. The lowest BCUT2D eigenvalue weighted by Gasteiger charge is -2.26. The minimum absolute atomic E-state index is 0.114. The van der Waals surface area contributed by atoms with E-state index < -0.39 is 21.9 Å². The number of pyridine rings is 1. The number of anilines is 1. The summed E-state index contributed by atoms with van der Waals surface area (Å²) in [5.41, 5.74) is 0.183. The van der Waals surface area contributed by atoms with Gasteiger partial charge in [-0.25, -0.2) is 18.2 Å². The van der Waals surface area contributed by atoms with Gasteiger partial charge >= 0.3 is 5.97 Å². The van der Waals surface area contributed by atoms with E-state index in [4.69, 9.17) is 5.11 Å². The number of carbonyl (C=O) groups is 2.